The van der Waals surface area contributed by atoms with Gasteiger partial charge in [-0.05, 0) is 108 Å². The number of rotatable bonds is 9. The molecule has 0 bridgehead atoms. The molecule has 22 heteroatoms. The molecule has 5 saturated carbocycles. The normalized spacial score (nSPS) is 41.2. The van der Waals surface area contributed by atoms with Crippen LogP contribution in [0.5, 0.6) is 0 Å². The third-order valence-corrected chi connectivity index (χ3v) is 15.2. The van der Waals surface area contributed by atoms with Gasteiger partial charge in [0, 0.05) is 17.9 Å². The molecule has 5 aliphatic carbocycles. The molecule has 16 nitrogen and oxygen atoms in total. The Morgan fingerprint density at radius 3 is 1.78 bits per heavy atom. The van der Waals surface area contributed by atoms with Crippen LogP contribution in [0.25, 0.3) is 0 Å². The van der Waals surface area contributed by atoms with Crippen molar-refractivity contribution in [2.75, 3.05) is 6.61 Å². The summed E-state index contributed by atoms with van der Waals surface area (Å²) in [5.41, 5.74) is 5.99. The Balaban J connectivity index is 0.00000289. The van der Waals surface area contributed by atoms with Crippen LogP contribution in [0.15, 0.2) is 20.5 Å². The van der Waals surface area contributed by atoms with Crippen LogP contribution in [0.2, 0.25) is 0 Å². The molecule has 50 heavy (non-hydrogen) atoms. The third-order valence-electron chi connectivity index (χ3n) is 11.4. The molecule has 12 unspecified atom stereocenters. The van der Waals surface area contributed by atoms with E-state index in [1.54, 1.807) is 0 Å². The summed E-state index contributed by atoms with van der Waals surface area (Å²) in [5.74, 6) is -2.02. The fraction of sp³-hybridized carbons (Fsp3) is 1.00. The quantitative estimate of drug-likeness (QED) is 0.125. The van der Waals surface area contributed by atoms with Crippen molar-refractivity contribution in [3.05, 3.63) is 0 Å². The topological polar surface area (TPSA) is 277 Å². The van der Waals surface area contributed by atoms with Gasteiger partial charge in [-0.1, -0.05) is 0 Å². The molecule has 0 aromatic rings. The van der Waals surface area contributed by atoms with E-state index >= 15 is 0 Å². The van der Waals surface area contributed by atoms with Gasteiger partial charge in [-0.2, -0.15) is 20.5 Å². The fourth-order valence-corrected chi connectivity index (χ4v) is 11.9. The molecule has 3 N–H and O–H groups in total. The number of hydrogen-bond donors (Lipinski definition) is 2. The van der Waals surface area contributed by atoms with Crippen LogP contribution in [0.1, 0.15) is 84.0 Å². The molecular weight excluding hydrogens is 748 g/mol. The van der Waals surface area contributed by atoms with E-state index in [2.05, 4.69) is 15.3 Å². The van der Waals surface area contributed by atoms with Gasteiger partial charge in [0.15, 0.2) is 0 Å². The van der Waals surface area contributed by atoms with E-state index in [0.717, 1.165) is 25.7 Å². The van der Waals surface area contributed by atoms with E-state index in [9.17, 15) is 44.0 Å². The molecule has 0 aromatic heterocycles. The molecule has 0 radical (unpaired) electrons. The molecule has 0 heterocycles. The Bertz CT molecular complexity index is 1500. The summed E-state index contributed by atoms with van der Waals surface area (Å²) in [6.45, 7) is 2.63. The van der Waals surface area contributed by atoms with E-state index in [4.69, 9.17) is 15.6 Å². The number of aliphatic hydroxyl groups excluding tert-OH is 1. The van der Waals surface area contributed by atoms with Gasteiger partial charge in [0.25, 0.3) is 0 Å². The zero-order valence-corrected chi connectivity index (χ0v) is 37.8. The summed E-state index contributed by atoms with van der Waals surface area (Å²) >= 11 is 0. The summed E-state index contributed by atoms with van der Waals surface area (Å²) in [7, 11) is -14.4. The van der Waals surface area contributed by atoms with Crippen LogP contribution in [-0.4, -0.2) is 109 Å². The first-order valence-corrected chi connectivity index (χ1v) is 21.1. The average Bonchev–Trinajstić information content (AvgIpc) is 2.99. The van der Waals surface area contributed by atoms with Crippen LogP contribution in [-0.2, 0) is 35.1 Å². The predicted octanol–water partition coefficient (Wildman–Crippen LogP) is -7.57. The SMILES string of the molecule is CCOC1CCC(N=NC2CCC(N=NC3C(O)C4CC(N)C(S(=O)(=O)[O-])CC4CC3S(=O)(=O)[O-])C3CC(S(=O)(=O)[O-])CCC23)CC1.[Na+].[Na+].[Na+]. The predicted molar refractivity (Wildman–Crippen MR) is 164 cm³/mol. The monoisotopic (exact) mass is 793 g/mol. The number of aliphatic hydroxyl groups is 1. The first-order chi connectivity index (χ1) is 22.0. The summed E-state index contributed by atoms with van der Waals surface area (Å²) in [6.07, 6.45) is 3.18. The van der Waals surface area contributed by atoms with Crippen LogP contribution in [0.3, 0.4) is 0 Å². The Labute approximate surface area is 362 Å². The molecule has 0 amide bonds. The Kier molecular flexibility index (Phi) is 19.0. The Hall–Kier alpha value is 1.81. The second-order valence-electron chi connectivity index (χ2n) is 14.2. The van der Waals surface area contributed by atoms with Crippen molar-refractivity contribution in [2.45, 2.75) is 142 Å². The first-order valence-electron chi connectivity index (χ1n) is 16.7. The van der Waals surface area contributed by atoms with E-state index in [-0.39, 0.29) is 145 Å². The van der Waals surface area contributed by atoms with Gasteiger partial charge in [0.2, 0.25) is 0 Å². The summed E-state index contributed by atoms with van der Waals surface area (Å²) in [5, 5.41) is 25.1. The standard InChI is InChI=1S/C28H49N5O11S3.3Na/c1-2-44-17-5-3-16(4-6-17)30-31-23-9-10-24(21-13-18(45(35,36)37)7-8-19(21)23)32-33-27-26(47(41,42)43)12-15-11-25(46(38,39)40)22(29)14-20(15)28(27)34;;;/h15-28,34H,2-14,29H2,1H3,(H,35,36,37)(H,38,39,40)(H,41,42,43);;;/q;3*+1/p-3. The van der Waals surface area contributed by atoms with E-state index in [0.29, 0.717) is 25.9 Å². The molecule has 12 atom stereocenters. The second-order valence-corrected chi connectivity index (χ2v) is 19.0. The maximum Gasteiger partial charge on any atom is 1.00 e. The van der Waals surface area contributed by atoms with Gasteiger partial charge < -0.3 is 29.2 Å². The zero-order valence-electron chi connectivity index (χ0n) is 29.4. The summed E-state index contributed by atoms with van der Waals surface area (Å²) in [4.78, 5) is 0. The van der Waals surface area contributed by atoms with Crippen molar-refractivity contribution in [2.24, 2.45) is 49.9 Å². The molecule has 0 spiro atoms. The maximum absolute atomic E-state index is 12.4. The number of fused-ring (bicyclic) bond motifs is 2. The van der Waals surface area contributed by atoms with Crippen LogP contribution >= 0.6 is 0 Å². The van der Waals surface area contributed by atoms with Crippen LogP contribution in [0.4, 0.5) is 0 Å². The molecule has 0 aliphatic heterocycles. The number of nitrogens with zero attached hydrogens (tertiary/aromatic N) is 4. The van der Waals surface area contributed by atoms with Crippen molar-refractivity contribution in [1.29, 1.82) is 0 Å². The Morgan fingerprint density at radius 1 is 0.660 bits per heavy atom. The average molecular weight is 794 g/mol. The molecule has 0 aromatic carbocycles. The number of hydrogen-bond acceptors (Lipinski definition) is 16. The minimum Gasteiger partial charge on any atom is -0.748 e. The van der Waals surface area contributed by atoms with Gasteiger partial charge in [-0.15, -0.1) is 0 Å². The van der Waals surface area contributed by atoms with Gasteiger partial charge in [-0.25, -0.2) is 25.3 Å². The van der Waals surface area contributed by atoms with E-state index in [1.807, 2.05) is 6.92 Å². The van der Waals surface area contributed by atoms with Crippen molar-refractivity contribution in [1.82, 2.24) is 0 Å². The molecule has 5 rings (SSSR count). The smallest absolute Gasteiger partial charge is 0.748 e. The van der Waals surface area contributed by atoms with Gasteiger partial charge in [-0.3, -0.25) is 0 Å². The second kappa shape index (κ2) is 19.8. The molecule has 5 fully saturated rings. The number of nitrogens with two attached hydrogens (primary N) is 1. The molecule has 270 valence electrons. The first kappa shape index (κ1) is 48.0. The Morgan fingerprint density at radius 2 is 1.22 bits per heavy atom. The maximum atomic E-state index is 12.4. The van der Waals surface area contributed by atoms with Crippen molar-refractivity contribution < 1.29 is 137 Å². The van der Waals surface area contributed by atoms with Crippen LogP contribution in [0, 0.1) is 23.7 Å². The molecular formula is C28H46N5Na3O11S3. The van der Waals surface area contributed by atoms with Crippen molar-refractivity contribution in [3.8, 4) is 0 Å². The fourth-order valence-electron chi connectivity index (χ4n) is 9.00. The molecule has 5 aliphatic rings. The third kappa shape index (κ3) is 11.7. The molecule has 0 saturated heterocycles. The minimum absolute atomic E-state index is 0. The number of azo groups is 2. The van der Waals surface area contributed by atoms with Gasteiger partial charge in [0.1, 0.15) is 6.04 Å². The number of ether oxygens (including phenoxy) is 1. The summed E-state index contributed by atoms with van der Waals surface area (Å²) in [6, 6.07) is -3.29. The largest absolute Gasteiger partial charge is 1.00 e. The zero-order chi connectivity index (χ0) is 34.3. The van der Waals surface area contributed by atoms with Gasteiger partial charge >= 0.3 is 88.7 Å². The van der Waals surface area contributed by atoms with Crippen molar-refractivity contribution in [3.63, 3.8) is 0 Å². The van der Waals surface area contributed by atoms with Crippen LogP contribution < -0.4 is 94.4 Å². The van der Waals surface area contributed by atoms with Crippen molar-refractivity contribution >= 4 is 30.4 Å². The minimum atomic E-state index is -5.04. The van der Waals surface area contributed by atoms with E-state index in [1.165, 1.54) is 0 Å². The van der Waals surface area contributed by atoms with E-state index < -0.39 is 88.1 Å². The van der Waals surface area contributed by atoms with Gasteiger partial charge in [0.05, 0.1) is 71.2 Å². The summed E-state index contributed by atoms with van der Waals surface area (Å²) < 4.78 is 114.